The van der Waals surface area contributed by atoms with Crippen LogP contribution in [0.1, 0.15) is 47.2 Å². The van der Waals surface area contributed by atoms with Gasteiger partial charge in [-0.3, -0.25) is 4.79 Å². The van der Waals surface area contributed by atoms with Crippen LogP contribution in [0.25, 0.3) is 12.2 Å². The number of ketones is 1. The number of hydrogen-bond donors (Lipinski definition) is 0. The van der Waals surface area contributed by atoms with Gasteiger partial charge in [0.15, 0.2) is 5.78 Å². The van der Waals surface area contributed by atoms with Crippen LogP contribution in [0.5, 0.6) is 5.75 Å². The van der Waals surface area contributed by atoms with Crippen LogP contribution in [0.3, 0.4) is 0 Å². The quantitative estimate of drug-likeness (QED) is 0.0936. The number of allylic oxidation sites excluding steroid dienone is 12. The third-order valence-electron chi connectivity index (χ3n) is 7.03. The summed E-state index contributed by atoms with van der Waals surface area (Å²) in [4.78, 5) is 12.2. The number of benzene rings is 3. The molecule has 0 fully saturated rings. The van der Waals surface area contributed by atoms with Crippen molar-refractivity contribution in [3.8, 4) is 5.75 Å². The summed E-state index contributed by atoms with van der Waals surface area (Å²) in [6.45, 7) is 0. The molecule has 0 saturated carbocycles. The van der Waals surface area contributed by atoms with Gasteiger partial charge in [0.1, 0.15) is 5.75 Å². The van der Waals surface area contributed by atoms with Crippen LogP contribution >= 0.6 is 0 Å². The molecule has 5 rings (SSSR count). The molecule has 0 heterocycles. The van der Waals surface area contributed by atoms with E-state index in [1.807, 2.05) is 127 Å². The van der Waals surface area contributed by atoms with Crippen molar-refractivity contribution in [2.45, 2.75) is 25.7 Å². The summed E-state index contributed by atoms with van der Waals surface area (Å²) in [5.74, 6) is 0.956. The van der Waals surface area contributed by atoms with Crippen molar-refractivity contribution in [3.63, 3.8) is 0 Å². The molecule has 0 atom stereocenters. The first-order chi connectivity index (χ1) is 21.5. The summed E-state index contributed by atoms with van der Waals surface area (Å²) in [5.41, 5.74) is 5.35. The van der Waals surface area contributed by atoms with Gasteiger partial charge in [-0.25, -0.2) is 0 Å². The first kappa shape index (κ1) is 34.7. The summed E-state index contributed by atoms with van der Waals surface area (Å²) in [5, 5.41) is 23.9. The second-order valence-electron chi connectivity index (χ2n) is 10.3. The van der Waals surface area contributed by atoms with Crippen LogP contribution in [0.4, 0.5) is 0 Å². The monoisotopic (exact) mass is 636 g/mol. The van der Waals surface area contributed by atoms with E-state index in [4.69, 9.17) is 4.74 Å². The van der Waals surface area contributed by atoms with Gasteiger partial charge in [-0.05, 0) is 71.4 Å². The number of ether oxygens (including phenoxy) is 1. The number of rotatable bonds is 11. The minimum absolute atomic E-state index is 0. The maximum atomic E-state index is 12.3. The second-order valence-corrected chi connectivity index (χ2v) is 10.3. The number of carbonyl (C=O) groups excluding carboxylic acids is 1. The van der Waals surface area contributed by atoms with E-state index in [0.717, 1.165) is 52.8 Å². The number of Topliss-reactive ketones (excluding diaryl/α,β-unsaturated/α-hetero) is 1. The van der Waals surface area contributed by atoms with Crippen molar-refractivity contribution in [2.24, 2.45) is 0 Å². The topological polar surface area (TPSA) is 72.4 Å². The minimum atomic E-state index is 0. The molecule has 0 aromatic heterocycles. The van der Waals surface area contributed by atoms with Crippen LogP contribution in [-0.2, 0) is 17.1 Å². The smallest absolute Gasteiger partial charge is 0.872 e. The van der Waals surface area contributed by atoms with E-state index in [0.29, 0.717) is 12.0 Å². The maximum Gasteiger partial charge on any atom is 2.00 e. The first-order valence-electron chi connectivity index (χ1n) is 14.7. The molecule has 0 spiro atoms. The summed E-state index contributed by atoms with van der Waals surface area (Å²) in [6, 6.07) is 26.8. The van der Waals surface area contributed by atoms with Crippen molar-refractivity contribution >= 4 is 17.9 Å². The normalized spacial score (nSPS) is 14.2. The number of unbranched alkanes of at least 4 members (excludes halogenated alkanes) is 1. The van der Waals surface area contributed by atoms with Gasteiger partial charge in [-0.15, -0.1) is 11.5 Å². The minimum Gasteiger partial charge on any atom is -0.872 e. The Bertz CT molecular complexity index is 1620. The Morgan fingerprint density at radius 2 is 1.24 bits per heavy atom. The third kappa shape index (κ3) is 11.6. The van der Waals surface area contributed by atoms with E-state index in [2.05, 4.69) is 0 Å². The first-order valence-corrected chi connectivity index (χ1v) is 14.7. The van der Waals surface area contributed by atoms with Crippen molar-refractivity contribution in [1.82, 2.24) is 0 Å². The molecule has 2 aliphatic carbocycles. The van der Waals surface area contributed by atoms with Gasteiger partial charge in [0, 0.05) is 12.0 Å². The van der Waals surface area contributed by atoms with E-state index >= 15 is 0 Å². The molecule has 0 aliphatic heterocycles. The fraction of sp³-hybridized carbons (Fsp3) is 0.125. The molecule has 0 radical (unpaired) electrons. The fourth-order valence-corrected chi connectivity index (χ4v) is 4.54. The Hall–Kier alpha value is -4.83. The SMILES string of the molecule is COc1ccc(C(=O)CCCCC2=CC(=C([O-])C=Cc3ccccc3)C=C2)cc1.[Fe+2].[O-]C(C=Cc1ccccc1)=C1C=CC=C1. The van der Waals surface area contributed by atoms with Gasteiger partial charge in [0.2, 0.25) is 0 Å². The zero-order valence-corrected chi connectivity index (χ0v) is 26.4. The van der Waals surface area contributed by atoms with E-state index in [1.54, 1.807) is 31.4 Å². The molecule has 0 amide bonds. The Kier molecular flexibility index (Phi) is 14.4. The standard InChI is InChI=1S/C26H26O3.C14H12O.Fe/c1-29-24-16-14-22(15-17-24)25(27)10-6-5-9-21-11-13-23(19-21)26(28)18-12-20-7-3-2-4-8-20;15-14(13-8-4-5-9-13)11-10-12-6-2-1-3-7-12;/h2-4,7-8,11-19,28H,5-6,9-10H2,1H3;1-11,15H;/q;;+2/p-2. The maximum absolute atomic E-state index is 12.3. The predicted molar refractivity (Wildman–Crippen MR) is 176 cm³/mol. The Morgan fingerprint density at radius 1 is 0.689 bits per heavy atom. The van der Waals surface area contributed by atoms with Gasteiger partial charge in [-0.1, -0.05) is 127 Å². The van der Waals surface area contributed by atoms with Gasteiger partial charge in [0.25, 0.3) is 0 Å². The largest absolute Gasteiger partial charge is 2.00 e. The summed E-state index contributed by atoms with van der Waals surface area (Å²) in [6.07, 6.45) is 23.2. The van der Waals surface area contributed by atoms with Gasteiger partial charge >= 0.3 is 17.1 Å². The van der Waals surface area contributed by atoms with Crippen LogP contribution in [0.2, 0.25) is 0 Å². The molecule has 3 aromatic rings. The zero-order chi connectivity index (χ0) is 31.0. The zero-order valence-electron chi connectivity index (χ0n) is 25.2. The molecular formula is C40H36FeO4. The van der Waals surface area contributed by atoms with Crippen molar-refractivity contribution in [2.75, 3.05) is 7.11 Å². The second kappa shape index (κ2) is 18.7. The van der Waals surface area contributed by atoms with Crippen LogP contribution in [0, 0.1) is 0 Å². The average molecular weight is 637 g/mol. The molecule has 0 saturated heterocycles. The van der Waals surface area contributed by atoms with Gasteiger partial charge in [0.05, 0.1) is 7.11 Å². The van der Waals surface area contributed by atoms with Crippen LogP contribution in [-0.4, -0.2) is 12.9 Å². The molecule has 2 aliphatic rings. The van der Waals surface area contributed by atoms with Crippen LogP contribution < -0.4 is 14.9 Å². The van der Waals surface area contributed by atoms with E-state index in [-0.39, 0.29) is 34.4 Å². The summed E-state index contributed by atoms with van der Waals surface area (Å²) >= 11 is 0. The molecule has 0 unspecified atom stereocenters. The number of hydrogen-bond acceptors (Lipinski definition) is 4. The summed E-state index contributed by atoms with van der Waals surface area (Å²) in [7, 11) is 1.61. The van der Waals surface area contributed by atoms with Gasteiger partial charge < -0.3 is 14.9 Å². The Morgan fingerprint density at radius 3 is 1.80 bits per heavy atom. The van der Waals surface area contributed by atoms with E-state index in [1.165, 1.54) is 0 Å². The van der Waals surface area contributed by atoms with Crippen molar-refractivity contribution in [3.05, 3.63) is 185 Å². The number of carbonyl (C=O) groups is 1. The molecule has 45 heavy (non-hydrogen) atoms. The molecule has 228 valence electrons. The van der Waals surface area contributed by atoms with Crippen molar-refractivity contribution < 1.29 is 36.8 Å². The molecule has 0 bridgehead atoms. The molecular weight excluding hydrogens is 600 g/mol. The summed E-state index contributed by atoms with van der Waals surface area (Å²) < 4.78 is 5.11. The van der Waals surface area contributed by atoms with Crippen molar-refractivity contribution in [1.29, 1.82) is 0 Å². The van der Waals surface area contributed by atoms with Crippen LogP contribution in [0.15, 0.2) is 168 Å². The molecule has 5 heteroatoms. The number of methoxy groups -OCH3 is 1. The Balaban J connectivity index is 0.000000290. The molecule has 0 N–H and O–H groups in total. The van der Waals surface area contributed by atoms with E-state index in [9.17, 15) is 15.0 Å². The predicted octanol–water partition coefficient (Wildman–Crippen LogP) is 7.70. The third-order valence-corrected chi connectivity index (χ3v) is 7.03. The molecule has 3 aromatic carbocycles. The van der Waals surface area contributed by atoms with Gasteiger partial charge in [-0.2, -0.15) is 0 Å². The Labute approximate surface area is 277 Å². The molecule has 4 nitrogen and oxygen atoms in total. The average Bonchev–Trinajstić information content (AvgIpc) is 3.79. The van der Waals surface area contributed by atoms with E-state index < -0.39 is 0 Å². The fourth-order valence-electron chi connectivity index (χ4n) is 4.54.